The number of anilines is 1. The third kappa shape index (κ3) is 7.15. The fraction of sp³-hybridized carbons (Fsp3) is 0.379. The van der Waals surface area contributed by atoms with Crippen LogP contribution in [0.15, 0.2) is 71.6 Å². The molecule has 40 heavy (non-hydrogen) atoms. The van der Waals surface area contributed by atoms with Gasteiger partial charge >= 0.3 is 6.18 Å². The lowest BCUT2D eigenvalue weighted by Gasteiger charge is -2.29. The van der Waals surface area contributed by atoms with Crippen molar-refractivity contribution in [3.63, 3.8) is 0 Å². The number of fused-ring (bicyclic) bond motifs is 1. The number of guanidine groups is 1. The highest BCUT2D eigenvalue weighted by Crippen LogP contribution is 2.33. The third-order valence-corrected chi connectivity index (χ3v) is 7.03. The minimum absolute atomic E-state index is 0.0841. The number of aliphatic imine (C=N–C) groups is 1. The first-order valence-electron chi connectivity index (χ1n) is 13.0. The number of halogens is 3. The SMILES string of the molecule is C=C/C(=C(\N=C(/N)Nc1ccc(C(=O)NC2CCN(C)CC2)cc1OC)OC1Cc2ccccc2C1)C(F)(F)F. The zero-order valence-electron chi connectivity index (χ0n) is 22.6. The molecule has 1 heterocycles. The summed E-state index contributed by atoms with van der Waals surface area (Å²) in [7, 11) is 3.46. The fourth-order valence-electron chi connectivity index (χ4n) is 4.87. The molecule has 1 fully saturated rings. The summed E-state index contributed by atoms with van der Waals surface area (Å²) in [5, 5.41) is 5.81. The highest BCUT2D eigenvalue weighted by Gasteiger charge is 2.37. The lowest BCUT2D eigenvalue weighted by atomic mass is 10.0. The largest absolute Gasteiger partial charge is 0.495 e. The van der Waals surface area contributed by atoms with Crippen molar-refractivity contribution < 1.29 is 27.4 Å². The minimum atomic E-state index is -4.76. The van der Waals surface area contributed by atoms with Crippen molar-refractivity contribution in [3.05, 3.63) is 83.3 Å². The standard InChI is InChI=1S/C29H34F3N5O3/c1-4-23(29(30,31)32)27(40-22-15-18-7-5-6-8-19(18)16-22)36-28(33)35-24-10-9-20(17-25(24)39-3)26(38)34-21-11-13-37(2)14-12-21/h4-10,17,21-22H,1,11-16H2,2-3H3,(H,34,38)(H3,33,35,36)/b27-23-. The molecule has 4 N–H and O–H groups in total. The zero-order chi connectivity index (χ0) is 28.9. The van der Waals surface area contributed by atoms with Crippen molar-refractivity contribution >= 4 is 17.6 Å². The predicted molar refractivity (Wildman–Crippen MR) is 148 cm³/mol. The van der Waals surface area contributed by atoms with Gasteiger partial charge < -0.3 is 30.7 Å². The number of allylic oxidation sites excluding steroid dienone is 2. The molecule has 2 aliphatic rings. The number of nitrogens with one attached hydrogen (secondary N) is 2. The Labute approximate surface area is 231 Å². The van der Waals surface area contributed by atoms with E-state index in [4.69, 9.17) is 15.2 Å². The Morgan fingerprint density at radius 1 is 1.15 bits per heavy atom. The fourth-order valence-corrected chi connectivity index (χ4v) is 4.87. The van der Waals surface area contributed by atoms with E-state index in [9.17, 15) is 18.0 Å². The molecular weight excluding hydrogens is 523 g/mol. The average molecular weight is 558 g/mol. The van der Waals surface area contributed by atoms with E-state index in [0.29, 0.717) is 30.2 Å². The molecule has 1 saturated heterocycles. The molecule has 0 aromatic heterocycles. The monoisotopic (exact) mass is 557 g/mol. The van der Waals surface area contributed by atoms with Crippen LogP contribution in [0, 0.1) is 0 Å². The molecule has 214 valence electrons. The number of nitrogens with zero attached hydrogens (tertiary/aromatic N) is 2. The topological polar surface area (TPSA) is 101 Å². The molecular formula is C29H34F3N5O3. The molecule has 0 atom stereocenters. The van der Waals surface area contributed by atoms with Gasteiger partial charge in [-0.2, -0.15) is 18.2 Å². The number of alkyl halides is 3. The molecule has 2 aromatic rings. The number of hydrogen-bond acceptors (Lipinski definition) is 5. The lowest BCUT2D eigenvalue weighted by Crippen LogP contribution is -2.43. The van der Waals surface area contributed by atoms with E-state index in [2.05, 4.69) is 27.1 Å². The molecule has 2 aromatic carbocycles. The summed E-state index contributed by atoms with van der Waals surface area (Å²) in [5.74, 6) is -1.00. The Hall–Kier alpha value is -3.99. The Kier molecular flexibility index (Phi) is 9.03. The van der Waals surface area contributed by atoms with Crippen molar-refractivity contribution in [2.45, 2.75) is 44.0 Å². The average Bonchev–Trinajstić information content (AvgIpc) is 3.32. The van der Waals surface area contributed by atoms with Crippen LogP contribution in [0.25, 0.3) is 0 Å². The van der Waals surface area contributed by atoms with E-state index in [-0.39, 0.29) is 23.7 Å². The molecule has 11 heteroatoms. The highest BCUT2D eigenvalue weighted by atomic mass is 19.4. The Bertz CT molecular complexity index is 1280. The second-order valence-electron chi connectivity index (χ2n) is 9.93. The first kappa shape index (κ1) is 29.0. The second kappa shape index (κ2) is 12.5. The molecule has 1 aliphatic heterocycles. The van der Waals surface area contributed by atoms with E-state index >= 15 is 0 Å². The lowest BCUT2D eigenvalue weighted by molar-refractivity contribution is -0.0926. The van der Waals surface area contributed by atoms with Crippen molar-refractivity contribution in [3.8, 4) is 5.75 Å². The number of piperidine rings is 1. The molecule has 0 unspecified atom stereocenters. The van der Waals surface area contributed by atoms with Gasteiger partial charge in [-0.1, -0.05) is 36.9 Å². The Morgan fingerprint density at radius 3 is 2.38 bits per heavy atom. The van der Waals surface area contributed by atoms with Gasteiger partial charge in [0.25, 0.3) is 5.91 Å². The van der Waals surface area contributed by atoms with Crippen LogP contribution in [-0.4, -0.2) is 62.3 Å². The van der Waals surface area contributed by atoms with E-state index in [1.807, 2.05) is 31.3 Å². The van der Waals surface area contributed by atoms with Crippen LogP contribution in [0.5, 0.6) is 5.75 Å². The molecule has 0 bridgehead atoms. The quantitative estimate of drug-likeness (QED) is 0.193. The van der Waals surface area contributed by atoms with Crippen LogP contribution in [0.3, 0.4) is 0 Å². The normalized spacial score (nSPS) is 17.6. The van der Waals surface area contributed by atoms with Gasteiger partial charge in [0.05, 0.1) is 12.8 Å². The van der Waals surface area contributed by atoms with E-state index in [1.54, 1.807) is 12.1 Å². The Balaban J connectivity index is 1.52. The van der Waals surface area contributed by atoms with Crippen molar-refractivity contribution in [1.29, 1.82) is 0 Å². The summed E-state index contributed by atoms with van der Waals surface area (Å²) in [5.41, 5.74) is 7.63. The molecule has 4 rings (SSSR count). The second-order valence-corrected chi connectivity index (χ2v) is 9.93. The predicted octanol–water partition coefficient (Wildman–Crippen LogP) is 4.39. The van der Waals surface area contributed by atoms with Crippen LogP contribution in [0.2, 0.25) is 0 Å². The van der Waals surface area contributed by atoms with Crippen LogP contribution < -0.4 is 21.1 Å². The van der Waals surface area contributed by atoms with Gasteiger partial charge in [0.15, 0.2) is 0 Å². The summed E-state index contributed by atoms with van der Waals surface area (Å²) in [4.78, 5) is 19.0. The maximum atomic E-state index is 13.8. The van der Waals surface area contributed by atoms with Crippen molar-refractivity contribution in [2.24, 2.45) is 10.7 Å². The number of carbonyl (C=O) groups is 1. The van der Waals surface area contributed by atoms with Gasteiger partial charge in [-0.05, 0) is 62.3 Å². The van der Waals surface area contributed by atoms with Gasteiger partial charge in [0.2, 0.25) is 11.8 Å². The number of benzene rings is 2. The van der Waals surface area contributed by atoms with Gasteiger partial charge in [0.1, 0.15) is 17.4 Å². The maximum absolute atomic E-state index is 13.8. The smallest absolute Gasteiger partial charge is 0.421 e. The molecule has 0 spiro atoms. The molecule has 8 nitrogen and oxygen atoms in total. The van der Waals surface area contributed by atoms with Crippen LogP contribution in [0.1, 0.15) is 34.3 Å². The third-order valence-electron chi connectivity index (χ3n) is 7.03. The Morgan fingerprint density at radius 2 is 1.80 bits per heavy atom. The zero-order valence-corrected chi connectivity index (χ0v) is 22.6. The molecule has 1 aliphatic carbocycles. The van der Waals surface area contributed by atoms with E-state index in [1.165, 1.54) is 13.2 Å². The van der Waals surface area contributed by atoms with E-state index in [0.717, 1.165) is 37.1 Å². The number of amides is 1. The maximum Gasteiger partial charge on any atom is 0.421 e. The summed E-state index contributed by atoms with van der Waals surface area (Å²) in [6.07, 6.45) is -2.03. The van der Waals surface area contributed by atoms with Gasteiger partial charge in [-0.3, -0.25) is 4.79 Å². The van der Waals surface area contributed by atoms with Gasteiger partial charge in [0, 0.05) is 24.4 Å². The summed E-state index contributed by atoms with van der Waals surface area (Å²) in [6.45, 7) is 5.12. The molecule has 0 saturated carbocycles. The number of likely N-dealkylation sites (tertiary alicyclic amines) is 1. The minimum Gasteiger partial charge on any atom is -0.495 e. The summed E-state index contributed by atoms with van der Waals surface area (Å²) >= 11 is 0. The summed E-state index contributed by atoms with van der Waals surface area (Å²) in [6, 6.07) is 12.3. The van der Waals surface area contributed by atoms with Crippen molar-refractivity contribution in [2.75, 3.05) is 32.6 Å². The summed E-state index contributed by atoms with van der Waals surface area (Å²) < 4.78 is 52.6. The molecule has 1 amide bonds. The molecule has 0 radical (unpaired) electrons. The number of methoxy groups -OCH3 is 1. The number of ether oxygens (including phenoxy) is 2. The van der Waals surface area contributed by atoms with Gasteiger partial charge in [-0.25, -0.2) is 0 Å². The van der Waals surface area contributed by atoms with Gasteiger partial charge in [-0.15, -0.1) is 0 Å². The van der Waals surface area contributed by atoms with Crippen molar-refractivity contribution in [1.82, 2.24) is 10.2 Å². The van der Waals surface area contributed by atoms with Crippen LogP contribution in [0.4, 0.5) is 18.9 Å². The number of nitrogens with two attached hydrogens (primary N) is 1. The van der Waals surface area contributed by atoms with Crippen LogP contribution >= 0.6 is 0 Å². The first-order chi connectivity index (χ1) is 19.1. The number of carbonyl (C=O) groups excluding carboxylic acids is 1. The van der Waals surface area contributed by atoms with Crippen LogP contribution in [-0.2, 0) is 17.6 Å². The number of hydrogen-bond donors (Lipinski definition) is 3. The van der Waals surface area contributed by atoms with E-state index < -0.39 is 23.7 Å². The highest BCUT2D eigenvalue weighted by molar-refractivity contribution is 5.98. The number of rotatable bonds is 8. The first-order valence-corrected chi connectivity index (χ1v) is 13.0.